The minimum Gasteiger partial charge on any atom is -0.497 e. The van der Waals surface area contributed by atoms with Crippen molar-refractivity contribution >= 4 is 23.2 Å². The highest BCUT2D eigenvalue weighted by atomic mass is 16.5. The van der Waals surface area contributed by atoms with Crippen LogP contribution in [0.4, 0.5) is 11.4 Å². The second-order valence-corrected chi connectivity index (χ2v) is 5.80. The lowest BCUT2D eigenvalue weighted by Gasteiger charge is -2.20. The van der Waals surface area contributed by atoms with Crippen molar-refractivity contribution in [1.29, 1.82) is 0 Å². The van der Waals surface area contributed by atoms with Gasteiger partial charge in [-0.15, -0.1) is 0 Å². The number of hydrogen-bond acceptors (Lipinski definition) is 4. The van der Waals surface area contributed by atoms with E-state index >= 15 is 0 Å². The molecule has 130 valence electrons. The molecule has 6 heteroatoms. The molecule has 0 spiro atoms. The third-order valence-electron chi connectivity index (χ3n) is 4.21. The van der Waals surface area contributed by atoms with Crippen molar-refractivity contribution < 1.29 is 19.1 Å². The zero-order valence-electron chi connectivity index (χ0n) is 14.2. The molecule has 1 heterocycles. The van der Waals surface area contributed by atoms with E-state index < -0.39 is 5.92 Å². The summed E-state index contributed by atoms with van der Waals surface area (Å²) in [5.41, 5.74) is 1.36. The molecular formula is C19H20N2O4. The average molecular weight is 340 g/mol. The number of nitrogens with one attached hydrogen (secondary N) is 1. The van der Waals surface area contributed by atoms with E-state index in [1.54, 1.807) is 37.3 Å². The molecular weight excluding hydrogens is 320 g/mol. The van der Waals surface area contributed by atoms with Crippen molar-refractivity contribution in [2.75, 3.05) is 31.0 Å². The summed E-state index contributed by atoms with van der Waals surface area (Å²) in [7, 11) is 3.11. The van der Waals surface area contributed by atoms with E-state index in [2.05, 4.69) is 5.32 Å². The molecule has 1 atom stereocenters. The molecule has 0 aliphatic carbocycles. The molecule has 6 nitrogen and oxygen atoms in total. The number of carbonyl (C=O) groups excluding carboxylic acids is 2. The molecule has 1 fully saturated rings. The summed E-state index contributed by atoms with van der Waals surface area (Å²) >= 11 is 0. The van der Waals surface area contributed by atoms with Gasteiger partial charge in [0.15, 0.2) is 0 Å². The number of rotatable bonds is 5. The normalized spacial score (nSPS) is 16.6. The number of anilines is 2. The summed E-state index contributed by atoms with van der Waals surface area (Å²) in [4.78, 5) is 26.5. The monoisotopic (exact) mass is 340 g/mol. The van der Waals surface area contributed by atoms with Gasteiger partial charge < -0.3 is 19.7 Å². The van der Waals surface area contributed by atoms with Gasteiger partial charge in [-0.05, 0) is 24.3 Å². The van der Waals surface area contributed by atoms with Crippen molar-refractivity contribution in [2.45, 2.75) is 6.42 Å². The van der Waals surface area contributed by atoms with Gasteiger partial charge >= 0.3 is 0 Å². The fourth-order valence-electron chi connectivity index (χ4n) is 2.89. The highest BCUT2D eigenvalue weighted by molar-refractivity contribution is 6.04. The van der Waals surface area contributed by atoms with Gasteiger partial charge in [-0.25, -0.2) is 0 Å². The maximum atomic E-state index is 12.5. The Bertz CT molecular complexity index is 776. The molecule has 2 amide bonds. The second-order valence-electron chi connectivity index (χ2n) is 5.80. The standard InChI is InChI=1S/C19H20N2O4/c1-24-15-8-9-16(17(11-15)25-2)21-12-13(10-18(21)22)19(23)20-14-6-4-3-5-7-14/h3-9,11,13H,10,12H2,1-2H3,(H,20,23). The first-order valence-corrected chi connectivity index (χ1v) is 8.00. The van der Waals surface area contributed by atoms with Crippen LogP contribution in [0, 0.1) is 5.92 Å². The zero-order chi connectivity index (χ0) is 17.8. The summed E-state index contributed by atoms with van der Waals surface area (Å²) < 4.78 is 10.5. The maximum Gasteiger partial charge on any atom is 0.229 e. The fraction of sp³-hybridized carbons (Fsp3) is 0.263. The van der Waals surface area contributed by atoms with Gasteiger partial charge in [-0.3, -0.25) is 9.59 Å². The predicted octanol–water partition coefficient (Wildman–Crippen LogP) is 2.70. The van der Waals surface area contributed by atoms with E-state index in [1.165, 1.54) is 0 Å². The van der Waals surface area contributed by atoms with Crippen molar-refractivity contribution in [1.82, 2.24) is 0 Å². The van der Waals surface area contributed by atoms with Gasteiger partial charge in [0.05, 0.1) is 25.8 Å². The van der Waals surface area contributed by atoms with E-state index in [1.807, 2.05) is 30.3 Å². The van der Waals surface area contributed by atoms with Gasteiger partial charge in [-0.1, -0.05) is 18.2 Å². The number of hydrogen-bond donors (Lipinski definition) is 1. The van der Waals surface area contributed by atoms with Crippen LogP contribution in [0.1, 0.15) is 6.42 Å². The second kappa shape index (κ2) is 7.25. The lowest BCUT2D eigenvalue weighted by Crippen LogP contribution is -2.28. The summed E-state index contributed by atoms with van der Waals surface area (Å²) in [5.74, 6) is 0.521. The van der Waals surface area contributed by atoms with Crippen LogP contribution in [-0.4, -0.2) is 32.6 Å². The van der Waals surface area contributed by atoms with Gasteiger partial charge in [0, 0.05) is 24.7 Å². The summed E-state index contributed by atoms with van der Waals surface area (Å²) in [6.45, 7) is 0.320. The molecule has 0 bridgehead atoms. The minimum absolute atomic E-state index is 0.100. The number of nitrogens with zero attached hydrogens (tertiary/aromatic N) is 1. The van der Waals surface area contributed by atoms with Crippen molar-refractivity contribution in [3.8, 4) is 11.5 Å². The van der Waals surface area contributed by atoms with Crippen LogP contribution in [0.15, 0.2) is 48.5 Å². The summed E-state index contributed by atoms with van der Waals surface area (Å²) in [6, 6.07) is 14.5. The maximum absolute atomic E-state index is 12.5. The highest BCUT2D eigenvalue weighted by Gasteiger charge is 2.36. The first-order valence-electron chi connectivity index (χ1n) is 8.00. The topological polar surface area (TPSA) is 67.9 Å². The van der Waals surface area contributed by atoms with E-state index in [9.17, 15) is 9.59 Å². The third kappa shape index (κ3) is 3.57. The van der Waals surface area contributed by atoms with Crippen LogP contribution in [0.25, 0.3) is 0 Å². The van der Waals surface area contributed by atoms with Crippen LogP contribution in [-0.2, 0) is 9.59 Å². The van der Waals surface area contributed by atoms with Crippen LogP contribution in [0.5, 0.6) is 11.5 Å². The zero-order valence-corrected chi connectivity index (χ0v) is 14.2. The Balaban J connectivity index is 1.75. The number of ether oxygens (including phenoxy) is 2. The number of carbonyl (C=O) groups is 2. The predicted molar refractivity (Wildman–Crippen MR) is 95.1 cm³/mol. The first kappa shape index (κ1) is 16.8. The first-order chi connectivity index (χ1) is 12.1. The molecule has 2 aromatic rings. The lowest BCUT2D eigenvalue weighted by molar-refractivity contribution is -0.122. The third-order valence-corrected chi connectivity index (χ3v) is 4.21. The summed E-state index contributed by atoms with van der Waals surface area (Å²) in [6.07, 6.45) is 0.174. The fourth-order valence-corrected chi connectivity index (χ4v) is 2.89. The molecule has 3 rings (SSSR count). The number of para-hydroxylation sites is 1. The smallest absolute Gasteiger partial charge is 0.229 e. The Morgan fingerprint density at radius 2 is 1.88 bits per heavy atom. The van der Waals surface area contributed by atoms with Crippen LogP contribution in [0.3, 0.4) is 0 Å². The minimum atomic E-state index is -0.403. The SMILES string of the molecule is COc1ccc(N2CC(C(=O)Nc3ccccc3)CC2=O)c(OC)c1. The number of methoxy groups -OCH3 is 2. The Labute approximate surface area is 146 Å². The van der Waals surface area contributed by atoms with Crippen LogP contribution >= 0.6 is 0 Å². The Morgan fingerprint density at radius 3 is 2.56 bits per heavy atom. The lowest BCUT2D eigenvalue weighted by atomic mass is 10.1. The molecule has 1 N–H and O–H groups in total. The van der Waals surface area contributed by atoms with Crippen LogP contribution < -0.4 is 19.7 Å². The molecule has 0 saturated carbocycles. The van der Waals surface area contributed by atoms with Gasteiger partial charge in [0.2, 0.25) is 11.8 Å². The van der Waals surface area contributed by atoms with Crippen molar-refractivity contribution in [3.05, 3.63) is 48.5 Å². The molecule has 1 aliphatic heterocycles. The van der Waals surface area contributed by atoms with E-state index in [-0.39, 0.29) is 18.2 Å². The quantitative estimate of drug-likeness (QED) is 0.909. The van der Waals surface area contributed by atoms with Gasteiger partial charge in [0.1, 0.15) is 11.5 Å². The molecule has 0 radical (unpaired) electrons. The number of amides is 2. The Hall–Kier alpha value is -3.02. The van der Waals surface area contributed by atoms with Crippen LogP contribution in [0.2, 0.25) is 0 Å². The summed E-state index contributed by atoms with van der Waals surface area (Å²) in [5, 5.41) is 2.85. The molecule has 25 heavy (non-hydrogen) atoms. The molecule has 1 aliphatic rings. The largest absolute Gasteiger partial charge is 0.497 e. The average Bonchev–Trinajstić information content (AvgIpc) is 3.03. The van der Waals surface area contributed by atoms with Gasteiger partial charge in [-0.2, -0.15) is 0 Å². The van der Waals surface area contributed by atoms with E-state index in [0.717, 1.165) is 5.69 Å². The molecule has 1 saturated heterocycles. The molecule has 0 aromatic heterocycles. The van der Waals surface area contributed by atoms with Crippen molar-refractivity contribution in [3.63, 3.8) is 0 Å². The highest BCUT2D eigenvalue weighted by Crippen LogP contribution is 2.36. The molecule has 1 unspecified atom stereocenters. The molecule has 2 aromatic carbocycles. The van der Waals surface area contributed by atoms with Gasteiger partial charge in [0.25, 0.3) is 0 Å². The van der Waals surface area contributed by atoms with E-state index in [0.29, 0.717) is 23.7 Å². The van der Waals surface area contributed by atoms with E-state index in [4.69, 9.17) is 9.47 Å². The number of benzene rings is 2. The Morgan fingerprint density at radius 1 is 1.12 bits per heavy atom. The van der Waals surface area contributed by atoms with Crippen molar-refractivity contribution in [2.24, 2.45) is 5.92 Å². The Kier molecular flexibility index (Phi) is 4.88.